The molecule has 4 rings (SSSR count). The number of carbonyl (C=O) groups is 2. The Labute approximate surface area is 272 Å². The molecule has 0 saturated carbocycles. The Kier molecular flexibility index (Phi) is 11.9. The predicted molar refractivity (Wildman–Crippen MR) is 169 cm³/mol. The van der Waals surface area contributed by atoms with Crippen LogP contribution >= 0.6 is 0 Å². The van der Waals surface area contributed by atoms with E-state index >= 15 is 0 Å². The Balaban J connectivity index is 1.20. The third kappa shape index (κ3) is 11.0. The summed E-state index contributed by atoms with van der Waals surface area (Å²) in [5.41, 5.74) is 1.04. The lowest BCUT2D eigenvalue weighted by Crippen LogP contribution is -2.45. The SMILES string of the molecule is C=C(/C=C(\C=C/C)OC(F)(F)F)CN1CCC(NC(=O)c2ccc(C(=O)N3CCC(Oc4ccc(S(C)(=O)=O)cc4)CC3)nc2)CC1. The molecule has 0 atom stereocenters. The van der Waals surface area contributed by atoms with Gasteiger partial charge in [0.1, 0.15) is 23.3 Å². The summed E-state index contributed by atoms with van der Waals surface area (Å²) >= 11 is 0. The molecule has 2 saturated heterocycles. The quantitative estimate of drug-likeness (QED) is 0.264. The maximum atomic E-state index is 13.0. The average molecular weight is 677 g/mol. The fourth-order valence-corrected chi connectivity index (χ4v) is 6.03. The van der Waals surface area contributed by atoms with Crippen LogP contribution in [0.5, 0.6) is 5.75 Å². The van der Waals surface area contributed by atoms with Gasteiger partial charge in [-0.05, 0) is 73.9 Å². The van der Waals surface area contributed by atoms with Crippen molar-refractivity contribution in [2.45, 2.75) is 56.0 Å². The Hall–Kier alpha value is -4.17. The predicted octanol–water partition coefficient (Wildman–Crippen LogP) is 4.92. The van der Waals surface area contributed by atoms with Gasteiger partial charge in [-0.25, -0.2) is 8.42 Å². The number of likely N-dealkylation sites (tertiary alicyclic amines) is 2. The summed E-state index contributed by atoms with van der Waals surface area (Å²) in [6.07, 6.45) is 4.09. The summed E-state index contributed by atoms with van der Waals surface area (Å²) in [6.45, 7) is 8.01. The van der Waals surface area contributed by atoms with Gasteiger partial charge in [0, 0.05) is 64.1 Å². The molecule has 2 fully saturated rings. The van der Waals surface area contributed by atoms with Crippen molar-refractivity contribution in [3.8, 4) is 5.75 Å². The van der Waals surface area contributed by atoms with Crippen LogP contribution in [0.4, 0.5) is 13.2 Å². The van der Waals surface area contributed by atoms with E-state index in [1.807, 2.05) is 0 Å². The Morgan fingerprint density at radius 3 is 2.26 bits per heavy atom. The van der Waals surface area contributed by atoms with Crippen LogP contribution in [-0.4, -0.2) is 92.5 Å². The van der Waals surface area contributed by atoms with Gasteiger partial charge in [0.05, 0.1) is 10.5 Å². The number of rotatable bonds is 11. The van der Waals surface area contributed by atoms with Crippen molar-refractivity contribution in [3.63, 3.8) is 0 Å². The van der Waals surface area contributed by atoms with Crippen molar-refractivity contribution in [3.05, 3.63) is 90.0 Å². The van der Waals surface area contributed by atoms with Crippen LogP contribution in [-0.2, 0) is 14.6 Å². The van der Waals surface area contributed by atoms with E-state index in [0.29, 0.717) is 75.3 Å². The highest BCUT2D eigenvalue weighted by atomic mass is 32.2. The first-order valence-electron chi connectivity index (χ1n) is 15.2. The Morgan fingerprint density at radius 1 is 1.04 bits per heavy atom. The number of nitrogens with one attached hydrogen (secondary N) is 1. The van der Waals surface area contributed by atoms with E-state index in [1.54, 1.807) is 30.0 Å². The Bertz CT molecular complexity index is 1580. The molecule has 2 aliphatic rings. The third-order valence-corrected chi connectivity index (χ3v) is 8.92. The number of allylic oxidation sites excluding steroid dienone is 2. The number of pyridine rings is 1. The van der Waals surface area contributed by atoms with Gasteiger partial charge in [0.2, 0.25) is 0 Å². The van der Waals surface area contributed by atoms with E-state index in [9.17, 15) is 31.2 Å². The molecule has 0 aliphatic carbocycles. The van der Waals surface area contributed by atoms with Crippen LogP contribution in [0.15, 0.2) is 83.6 Å². The summed E-state index contributed by atoms with van der Waals surface area (Å²) in [7, 11) is -3.28. The molecule has 1 N–H and O–H groups in total. The number of nitrogens with zero attached hydrogens (tertiary/aromatic N) is 3. The van der Waals surface area contributed by atoms with E-state index in [4.69, 9.17) is 4.74 Å². The zero-order chi connectivity index (χ0) is 34.2. The molecule has 14 heteroatoms. The van der Waals surface area contributed by atoms with Crippen LogP contribution in [0.1, 0.15) is 53.5 Å². The van der Waals surface area contributed by atoms with E-state index in [0.717, 1.165) is 6.26 Å². The van der Waals surface area contributed by atoms with Crippen LogP contribution in [0.25, 0.3) is 0 Å². The van der Waals surface area contributed by atoms with Crippen molar-refractivity contribution >= 4 is 21.7 Å². The van der Waals surface area contributed by atoms with Gasteiger partial charge in [-0.15, -0.1) is 13.2 Å². The van der Waals surface area contributed by atoms with Gasteiger partial charge in [-0.3, -0.25) is 19.5 Å². The molecule has 47 heavy (non-hydrogen) atoms. The Morgan fingerprint density at radius 2 is 1.70 bits per heavy atom. The average Bonchev–Trinajstić information content (AvgIpc) is 3.01. The normalized spacial score (nSPS) is 17.5. The fraction of sp³-hybridized carbons (Fsp3) is 0.424. The minimum atomic E-state index is -4.79. The molecule has 2 amide bonds. The summed E-state index contributed by atoms with van der Waals surface area (Å²) in [5.74, 6) is -0.301. The van der Waals surface area contributed by atoms with Crippen LogP contribution in [0, 0.1) is 0 Å². The topological polar surface area (TPSA) is 118 Å². The number of alkyl halides is 3. The monoisotopic (exact) mass is 676 g/mol. The van der Waals surface area contributed by atoms with Crippen molar-refractivity contribution in [2.24, 2.45) is 0 Å². The van der Waals surface area contributed by atoms with E-state index in [1.165, 1.54) is 42.6 Å². The number of amides is 2. The highest BCUT2D eigenvalue weighted by Crippen LogP contribution is 2.24. The summed E-state index contributed by atoms with van der Waals surface area (Å²) in [5, 5.41) is 3.00. The second-order valence-corrected chi connectivity index (χ2v) is 13.6. The van der Waals surface area contributed by atoms with E-state index < -0.39 is 16.2 Å². The number of aromatic nitrogens is 1. The molecule has 0 radical (unpaired) electrons. The van der Waals surface area contributed by atoms with Crippen molar-refractivity contribution in [2.75, 3.05) is 39.0 Å². The van der Waals surface area contributed by atoms with Crippen molar-refractivity contribution < 1.29 is 40.7 Å². The molecule has 1 aromatic heterocycles. The lowest BCUT2D eigenvalue weighted by Gasteiger charge is -2.32. The molecule has 0 bridgehead atoms. The van der Waals surface area contributed by atoms with E-state index in [-0.39, 0.29) is 40.3 Å². The third-order valence-electron chi connectivity index (χ3n) is 7.79. The lowest BCUT2D eigenvalue weighted by molar-refractivity contribution is -0.303. The zero-order valence-corrected chi connectivity index (χ0v) is 27.1. The molecule has 254 valence electrons. The second kappa shape index (κ2) is 15.6. The molecule has 0 unspecified atom stereocenters. The highest BCUT2D eigenvalue weighted by Gasteiger charge is 2.31. The molecular formula is C33H39F3N4O6S. The first-order chi connectivity index (χ1) is 22.2. The number of piperidine rings is 2. The largest absolute Gasteiger partial charge is 0.573 e. The minimum Gasteiger partial charge on any atom is -0.490 e. The molecular weight excluding hydrogens is 637 g/mol. The first-order valence-corrected chi connectivity index (χ1v) is 17.1. The standard InChI is InChI=1S/C33H39F3N4O6S/c1-4-5-28(46-33(34,35)36)20-23(2)22-39-16-12-25(13-17-39)38-31(41)24-6-11-30(37-21-24)32(42)40-18-14-27(15-19-40)45-26-7-9-29(10-8-26)47(3,43)44/h4-11,20-21,25,27H,2,12-19,22H2,1,3H3,(H,38,41)/b5-4-,28-20+. The van der Waals surface area contributed by atoms with Gasteiger partial charge < -0.3 is 19.7 Å². The molecule has 0 spiro atoms. The van der Waals surface area contributed by atoms with Gasteiger partial charge in [-0.2, -0.15) is 0 Å². The molecule has 2 aliphatic heterocycles. The second-order valence-electron chi connectivity index (χ2n) is 11.6. The molecule has 2 aromatic rings. The lowest BCUT2D eigenvalue weighted by atomic mass is 10.0. The summed E-state index contributed by atoms with van der Waals surface area (Å²) in [6, 6.07) is 9.29. The maximum Gasteiger partial charge on any atom is 0.573 e. The number of benzene rings is 1. The number of hydrogen-bond acceptors (Lipinski definition) is 8. The number of carbonyl (C=O) groups excluding carboxylic acids is 2. The summed E-state index contributed by atoms with van der Waals surface area (Å²) in [4.78, 5) is 34.1. The smallest absolute Gasteiger partial charge is 0.490 e. The first kappa shape index (κ1) is 35.7. The van der Waals surface area contributed by atoms with E-state index in [2.05, 4.69) is 26.5 Å². The maximum absolute atomic E-state index is 13.0. The number of halogens is 3. The van der Waals surface area contributed by atoms with Crippen LogP contribution in [0.2, 0.25) is 0 Å². The van der Waals surface area contributed by atoms with Gasteiger partial charge in [-0.1, -0.05) is 12.7 Å². The minimum absolute atomic E-state index is 0.0860. The van der Waals surface area contributed by atoms with Gasteiger partial charge >= 0.3 is 6.36 Å². The highest BCUT2D eigenvalue weighted by molar-refractivity contribution is 7.90. The molecule has 3 heterocycles. The van der Waals surface area contributed by atoms with Gasteiger partial charge in [0.15, 0.2) is 9.84 Å². The van der Waals surface area contributed by atoms with Crippen molar-refractivity contribution in [1.29, 1.82) is 0 Å². The zero-order valence-electron chi connectivity index (χ0n) is 26.3. The van der Waals surface area contributed by atoms with Crippen LogP contribution < -0.4 is 10.1 Å². The molecule has 1 aromatic carbocycles. The van der Waals surface area contributed by atoms with Crippen molar-refractivity contribution in [1.82, 2.24) is 20.1 Å². The fourth-order valence-electron chi connectivity index (χ4n) is 5.40. The summed E-state index contributed by atoms with van der Waals surface area (Å²) < 4.78 is 71.2. The number of sulfone groups is 1. The molecule has 10 nitrogen and oxygen atoms in total. The van der Waals surface area contributed by atoms with Crippen LogP contribution in [0.3, 0.4) is 0 Å². The number of hydrogen-bond donors (Lipinski definition) is 1. The van der Waals surface area contributed by atoms with Gasteiger partial charge in [0.25, 0.3) is 11.8 Å². The number of ether oxygens (including phenoxy) is 2.